The molecule has 0 aliphatic heterocycles. The molecular formula is C14H29NO2. The van der Waals surface area contributed by atoms with E-state index in [-0.39, 0.29) is 6.10 Å². The molecule has 1 aliphatic rings. The van der Waals surface area contributed by atoms with Crippen molar-refractivity contribution in [2.24, 2.45) is 5.92 Å². The van der Waals surface area contributed by atoms with Crippen molar-refractivity contribution in [3.63, 3.8) is 0 Å². The molecule has 1 fully saturated rings. The van der Waals surface area contributed by atoms with E-state index in [9.17, 15) is 0 Å². The van der Waals surface area contributed by atoms with Gasteiger partial charge in [-0.1, -0.05) is 26.2 Å². The van der Waals surface area contributed by atoms with Crippen LogP contribution in [0.2, 0.25) is 0 Å². The third-order valence-electron chi connectivity index (χ3n) is 3.65. The summed E-state index contributed by atoms with van der Waals surface area (Å²) in [7, 11) is 1.72. The van der Waals surface area contributed by atoms with Gasteiger partial charge in [-0.05, 0) is 32.2 Å². The van der Waals surface area contributed by atoms with E-state index in [0.29, 0.717) is 12.6 Å². The summed E-state index contributed by atoms with van der Waals surface area (Å²) in [5.74, 6) is 0.804. The first-order chi connectivity index (χ1) is 8.27. The Kier molecular flexibility index (Phi) is 7.82. The molecule has 0 spiro atoms. The molecule has 3 nitrogen and oxygen atoms in total. The Morgan fingerprint density at radius 1 is 1.18 bits per heavy atom. The van der Waals surface area contributed by atoms with Crippen molar-refractivity contribution in [2.75, 3.05) is 26.9 Å². The van der Waals surface area contributed by atoms with E-state index in [1.807, 2.05) is 0 Å². The maximum absolute atomic E-state index is 5.86. The van der Waals surface area contributed by atoms with Crippen LogP contribution in [0.25, 0.3) is 0 Å². The molecule has 0 saturated heterocycles. The summed E-state index contributed by atoms with van der Waals surface area (Å²) in [6.07, 6.45) is 7.11. The average molecular weight is 243 g/mol. The number of rotatable bonds is 8. The maximum Gasteiger partial charge on any atom is 0.0781 e. The van der Waals surface area contributed by atoms with Crippen molar-refractivity contribution in [3.05, 3.63) is 0 Å². The fourth-order valence-electron chi connectivity index (χ4n) is 2.71. The van der Waals surface area contributed by atoms with Crippen molar-refractivity contribution in [3.8, 4) is 0 Å². The molecule has 0 heterocycles. The largest absolute Gasteiger partial charge is 0.382 e. The molecule has 0 aromatic rings. The van der Waals surface area contributed by atoms with Gasteiger partial charge in [-0.25, -0.2) is 0 Å². The van der Waals surface area contributed by atoms with Crippen LogP contribution in [0.5, 0.6) is 0 Å². The number of hydrogen-bond donors (Lipinski definition) is 1. The monoisotopic (exact) mass is 243 g/mol. The SMILES string of the molecule is CCNC(COC(C)COC)C1CCCCC1. The molecule has 1 N–H and O–H groups in total. The van der Waals surface area contributed by atoms with Crippen molar-refractivity contribution in [2.45, 2.75) is 58.1 Å². The summed E-state index contributed by atoms with van der Waals surface area (Å²) in [5, 5.41) is 3.58. The minimum absolute atomic E-state index is 0.199. The van der Waals surface area contributed by atoms with E-state index in [1.165, 1.54) is 32.1 Å². The summed E-state index contributed by atoms with van der Waals surface area (Å²) in [4.78, 5) is 0. The second kappa shape index (κ2) is 8.90. The first-order valence-corrected chi connectivity index (χ1v) is 7.11. The van der Waals surface area contributed by atoms with E-state index < -0.39 is 0 Å². The molecule has 0 radical (unpaired) electrons. The highest BCUT2D eigenvalue weighted by molar-refractivity contribution is 4.79. The Morgan fingerprint density at radius 2 is 1.88 bits per heavy atom. The molecule has 1 aliphatic carbocycles. The van der Waals surface area contributed by atoms with Crippen molar-refractivity contribution in [1.82, 2.24) is 5.32 Å². The van der Waals surface area contributed by atoms with Crippen molar-refractivity contribution < 1.29 is 9.47 Å². The van der Waals surface area contributed by atoms with Crippen LogP contribution in [-0.2, 0) is 9.47 Å². The van der Waals surface area contributed by atoms with Gasteiger partial charge in [0.25, 0.3) is 0 Å². The lowest BCUT2D eigenvalue weighted by atomic mass is 9.84. The van der Waals surface area contributed by atoms with E-state index in [4.69, 9.17) is 9.47 Å². The molecule has 1 saturated carbocycles. The highest BCUT2D eigenvalue weighted by Gasteiger charge is 2.23. The molecule has 17 heavy (non-hydrogen) atoms. The molecule has 0 aromatic carbocycles. The number of ether oxygens (including phenoxy) is 2. The molecule has 3 heteroatoms. The Bertz CT molecular complexity index is 181. The summed E-state index contributed by atoms with van der Waals surface area (Å²) in [6, 6.07) is 0.527. The van der Waals surface area contributed by atoms with Crippen LogP contribution in [0.15, 0.2) is 0 Å². The average Bonchev–Trinajstić information content (AvgIpc) is 2.36. The van der Waals surface area contributed by atoms with E-state index >= 15 is 0 Å². The molecule has 0 aromatic heterocycles. The Balaban J connectivity index is 2.30. The van der Waals surface area contributed by atoms with Crippen LogP contribution < -0.4 is 5.32 Å². The molecule has 2 atom stereocenters. The van der Waals surface area contributed by atoms with Gasteiger partial charge in [-0.3, -0.25) is 0 Å². The van der Waals surface area contributed by atoms with Gasteiger partial charge < -0.3 is 14.8 Å². The van der Waals surface area contributed by atoms with E-state index in [1.54, 1.807) is 7.11 Å². The molecule has 1 rings (SSSR count). The highest BCUT2D eigenvalue weighted by Crippen LogP contribution is 2.26. The second-order valence-corrected chi connectivity index (χ2v) is 5.16. The minimum atomic E-state index is 0.199. The summed E-state index contributed by atoms with van der Waals surface area (Å²) in [5.41, 5.74) is 0. The van der Waals surface area contributed by atoms with E-state index in [0.717, 1.165) is 19.1 Å². The standard InChI is InChI=1S/C14H29NO2/c1-4-15-14(11-17-12(2)10-16-3)13-8-6-5-7-9-13/h12-15H,4-11H2,1-3H3. The number of nitrogens with one attached hydrogen (secondary N) is 1. The third kappa shape index (κ3) is 5.84. The third-order valence-corrected chi connectivity index (χ3v) is 3.65. The zero-order valence-electron chi connectivity index (χ0n) is 11.7. The molecule has 2 unspecified atom stereocenters. The van der Waals surface area contributed by atoms with Crippen molar-refractivity contribution >= 4 is 0 Å². The normalized spacial score (nSPS) is 21.4. The predicted octanol–water partition coefficient (Wildman–Crippen LogP) is 2.60. The summed E-state index contributed by atoms with van der Waals surface area (Å²) >= 11 is 0. The first-order valence-electron chi connectivity index (χ1n) is 7.11. The van der Waals surface area contributed by atoms with Gasteiger partial charge in [0.1, 0.15) is 0 Å². The number of likely N-dealkylation sites (N-methyl/N-ethyl adjacent to an activating group) is 1. The predicted molar refractivity (Wildman–Crippen MR) is 71.3 cm³/mol. The lowest BCUT2D eigenvalue weighted by Crippen LogP contribution is -2.42. The Labute approximate surface area is 106 Å². The van der Waals surface area contributed by atoms with Gasteiger partial charge in [-0.2, -0.15) is 0 Å². The van der Waals surface area contributed by atoms with Crippen LogP contribution >= 0.6 is 0 Å². The maximum atomic E-state index is 5.86. The summed E-state index contributed by atoms with van der Waals surface area (Å²) < 4.78 is 11.0. The topological polar surface area (TPSA) is 30.5 Å². The molecular weight excluding hydrogens is 214 g/mol. The van der Waals surface area contributed by atoms with Crippen LogP contribution in [0.3, 0.4) is 0 Å². The Morgan fingerprint density at radius 3 is 2.47 bits per heavy atom. The van der Waals surface area contributed by atoms with Gasteiger partial charge in [0, 0.05) is 13.2 Å². The highest BCUT2D eigenvalue weighted by atomic mass is 16.5. The fraction of sp³-hybridized carbons (Fsp3) is 1.00. The zero-order chi connectivity index (χ0) is 12.5. The second-order valence-electron chi connectivity index (χ2n) is 5.16. The quantitative estimate of drug-likeness (QED) is 0.711. The van der Waals surface area contributed by atoms with Gasteiger partial charge in [0.05, 0.1) is 19.3 Å². The molecule has 0 bridgehead atoms. The van der Waals surface area contributed by atoms with Crippen LogP contribution in [0, 0.1) is 5.92 Å². The van der Waals surface area contributed by atoms with Gasteiger partial charge in [-0.15, -0.1) is 0 Å². The fourth-order valence-corrected chi connectivity index (χ4v) is 2.71. The van der Waals surface area contributed by atoms with Crippen LogP contribution in [0.1, 0.15) is 46.0 Å². The van der Waals surface area contributed by atoms with Gasteiger partial charge >= 0.3 is 0 Å². The zero-order valence-corrected chi connectivity index (χ0v) is 11.7. The number of methoxy groups -OCH3 is 1. The van der Waals surface area contributed by atoms with Gasteiger partial charge in [0.2, 0.25) is 0 Å². The van der Waals surface area contributed by atoms with Crippen LogP contribution in [-0.4, -0.2) is 39.0 Å². The Hall–Kier alpha value is -0.120. The van der Waals surface area contributed by atoms with Crippen LogP contribution in [0.4, 0.5) is 0 Å². The van der Waals surface area contributed by atoms with Gasteiger partial charge in [0.15, 0.2) is 0 Å². The molecule has 0 amide bonds. The van der Waals surface area contributed by atoms with Crippen molar-refractivity contribution in [1.29, 1.82) is 0 Å². The molecule has 102 valence electrons. The van der Waals surface area contributed by atoms with E-state index in [2.05, 4.69) is 19.2 Å². The minimum Gasteiger partial charge on any atom is -0.382 e. The lowest BCUT2D eigenvalue weighted by molar-refractivity contribution is -0.00919. The first kappa shape index (κ1) is 14.9. The lowest BCUT2D eigenvalue weighted by Gasteiger charge is -2.31. The summed E-state index contributed by atoms with van der Waals surface area (Å²) in [6.45, 7) is 6.79. The number of hydrogen-bond acceptors (Lipinski definition) is 3. The smallest absolute Gasteiger partial charge is 0.0781 e.